The van der Waals surface area contributed by atoms with Crippen LogP contribution in [-0.2, 0) is 15.9 Å². The standard InChI is InChI=1S/C15H16FIN2O3S/c16-12-3-10(19-5-11(4-17)22-14(19)20)1-2-13(12)18-6-15(7-18)8-23(21)9-15/h1-3,11H,4-9H2/t11-/m0/s1. The number of alkyl halides is 1. The number of hydrogen-bond donors (Lipinski definition) is 0. The molecule has 0 radical (unpaired) electrons. The predicted molar refractivity (Wildman–Crippen MR) is 95.4 cm³/mol. The average Bonchev–Trinajstić information content (AvgIpc) is 2.83. The molecule has 0 saturated carbocycles. The van der Waals surface area contributed by atoms with Crippen molar-refractivity contribution in [1.82, 2.24) is 0 Å². The highest BCUT2D eigenvalue weighted by atomic mass is 127. The number of nitrogens with zero attached hydrogens (tertiary/aromatic N) is 2. The number of anilines is 2. The van der Waals surface area contributed by atoms with Crippen LogP contribution in [0.2, 0.25) is 0 Å². The summed E-state index contributed by atoms with van der Waals surface area (Å²) in [6.07, 6.45) is -0.556. The predicted octanol–water partition coefficient (Wildman–Crippen LogP) is 2.15. The summed E-state index contributed by atoms with van der Waals surface area (Å²) in [7, 11) is 0. The molecule has 1 amide bonds. The van der Waals surface area contributed by atoms with Crippen molar-refractivity contribution >= 4 is 51.2 Å². The monoisotopic (exact) mass is 450 g/mol. The zero-order valence-electron chi connectivity index (χ0n) is 12.3. The Morgan fingerprint density at radius 1 is 1.43 bits per heavy atom. The smallest absolute Gasteiger partial charge is 0.414 e. The van der Waals surface area contributed by atoms with Crippen molar-refractivity contribution in [2.45, 2.75) is 6.10 Å². The molecule has 8 heteroatoms. The van der Waals surface area contributed by atoms with Gasteiger partial charge in [-0.05, 0) is 18.2 Å². The fraction of sp³-hybridized carbons (Fsp3) is 0.533. The Kier molecular flexibility index (Phi) is 3.88. The Morgan fingerprint density at radius 3 is 2.74 bits per heavy atom. The maximum Gasteiger partial charge on any atom is 0.414 e. The van der Waals surface area contributed by atoms with E-state index in [2.05, 4.69) is 22.6 Å². The highest BCUT2D eigenvalue weighted by molar-refractivity contribution is 14.1. The molecular weight excluding hydrogens is 434 g/mol. The van der Waals surface area contributed by atoms with Gasteiger partial charge in [0.1, 0.15) is 23.4 Å². The Hall–Kier alpha value is -0.740. The van der Waals surface area contributed by atoms with E-state index >= 15 is 0 Å². The van der Waals surface area contributed by atoms with Gasteiger partial charge in [-0.2, -0.15) is 0 Å². The lowest BCUT2D eigenvalue weighted by molar-refractivity contribution is 0.152. The first kappa shape index (κ1) is 15.8. The van der Waals surface area contributed by atoms with E-state index in [1.807, 2.05) is 4.90 Å². The van der Waals surface area contributed by atoms with Gasteiger partial charge in [0.2, 0.25) is 0 Å². The molecule has 3 heterocycles. The minimum atomic E-state index is -0.680. The van der Waals surface area contributed by atoms with Crippen molar-refractivity contribution in [2.24, 2.45) is 5.41 Å². The molecule has 0 N–H and O–H groups in total. The number of benzene rings is 1. The zero-order chi connectivity index (χ0) is 16.2. The van der Waals surface area contributed by atoms with Gasteiger partial charge in [0.15, 0.2) is 0 Å². The molecular formula is C15H16FIN2O3S. The van der Waals surface area contributed by atoms with Gasteiger partial charge in [0.05, 0.1) is 23.3 Å². The van der Waals surface area contributed by atoms with E-state index in [1.54, 1.807) is 12.1 Å². The first-order valence-electron chi connectivity index (χ1n) is 7.43. The summed E-state index contributed by atoms with van der Waals surface area (Å²) in [6.45, 7) is 1.98. The fourth-order valence-corrected chi connectivity index (χ4v) is 5.59. The van der Waals surface area contributed by atoms with E-state index in [-0.39, 0.29) is 17.3 Å². The number of carbonyl (C=O) groups is 1. The van der Waals surface area contributed by atoms with Gasteiger partial charge in [-0.25, -0.2) is 9.18 Å². The van der Waals surface area contributed by atoms with Gasteiger partial charge < -0.3 is 14.2 Å². The van der Waals surface area contributed by atoms with Crippen LogP contribution >= 0.6 is 22.6 Å². The second kappa shape index (κ2) is 5.66. The average molecular weight is 450 g/mol. The quantitative estimate of drug-likeness (QED) is 0.403. The molecule has 3 aliphatic heterocycles. The first-order valence-corrected chi connectivity index (χ1v) is 10.4. The van der Waals surface area contributed by atoms with E-state index < -0.39 is 17.3 Å². The number of amides is 1. The summed E-state index contributed by atoms with van der Waals surface area (Å²) in [5.74, 6) is 1.14. The summed E-state index contributed by atoms with van der Waals surface area (Å²) in [5.41, 5.74) is 1.22. The maximum atomic E-state index is 14.4. The van der Waals surface area contributed by atoms with Crippen LogP contribution < -0.4 is 9.80 Å². The topological polar surface area (TPSA) is 55.8 Å². The van der Waals surface area contributed by atoms with Crippen molar-refractivity contribution in [2.75, 3.05) is 45.4 Å². The maximum absolute atomic E-state index is 14.4. The highest BCUT2D eigenvalue weighted by Gasteiger charge is 2.57. The van der Waals surface area contributed by atoms with E-state index in [0.29, 0.717) is 17.9 Å². The molecule has 23 heavy (non-hydrogen) atoms. The Labute approximate surface area is 150 Å². The second-order valence-electron chi connectivity index (χ2n) is 6.49. The van der Waals surface area contributed by atoms with Crippen LogP contribution in [0, 0.1) is 11.2 Å². The lowest BCUT2D eigenvalue weighted by Crippen LogP contribution is -2.68. The van der Waals surface area contributed by atoms with E-state index in [9.17, 15) is 13.7 Å². The largest absolute Gasteiger partial charge is 0.616 e. The van der Waals surface area contributed by atoms with Gasteiger partial charge in [0.25, 0.3) is 0 Å². The second-order valence-corrected chi connectivity index (χ2v) is 8.83. The summed E-state index contributed by atoms with van der Waals surface area (Å²) in [6, 6.07) is 4.88. The highest BCUT2D eigenvalue weighted by Crippen LogP contribution is 2.44. The molecule has 3 aliphatic rings. The van der Waals surface area contributed by atoms with Crippen LogP contribution in [-0.4, -0.2) is 52.3 Å². The third-order valence-corrected chi connectivity index (χ3v) is 7.47. The number of cyclic esters (lactones) is 1. The van der Waals surface area contributed by atoms with Crippen LogP contribution in [0.5, 0.6) is 0 Å². The minimum Gasteiger partial charge on any atom is -0.616 e. The summed E-state index contributed by atoms with van der Waals surface area (Å²) in [4.78, 5) is 15.3. The Balaban J connectivity index is 1.47. The van der Waals surface area contributed by atoms with Crippen molar-refractivity contribution in [3.05, 3.63) is 24.0 Å². The number of halogens is 2. The molecule has 124 valence electrons. The lowest BCUT2D eigenvalue weighted by Gasteiger charge is -2.55. The molecule has 1 spiro atoms. The molecule has 1 atom stereocenters. The van der Waals surface area contributed by atoms with Crippen molar-refractivity contribution in [3.63, 3.8) is 0 Å². The molecule has 0 aromatic heterocycles. The third kappa shape index (κ3) is 2.68. The van der Waals surface area contributed by atoms with E-state index in [1.165, 1.54) is 11.0 Å². The Morgan fingerprint density at radius 2 is 2.17 bits per heavy atom. The van der Waals surface area contributed by atoms with Crippen molar-refractivity contribution < 1.29 is 18.5 Å². The van der Waals surface area contributed by atoms with Gasteiger partial charge in [0, 0.05) is 17.5 Å². The molecule has 3 fully saturated rings. The van der Waals surface area contributed by atoms with Crippen molar-refractivity contribution in [3.8, 4) is 0 Å². The number of hydrogen-bond acceptors (Lipinski definition) is 4. The van der Waals surface area contributed by atoms with Gasteiger partial charge in [-0.15, -0.1) is 0 Å². The lowest BCUT2D eigenvalue weighted by atomic mass is 9.82. The zero-order valence-corrected chi connectivity index (χ0v) is 15.3. The van der Waals surface area contributed by atoms with Crippen LogP contribution in [0.25, 0.3) is 0 Å². The third-order valence-electron chi connectivity index (χ3n) is 4.62. The summed E-state index contributed by atoms with van der Waals surface area (Å²) < 4.78 is 31.6. The van der Waals surface area contributed by atoms with E-state index in [4.69, 9.17) is 4.74 Å². The molecule has 1 aromatic rings. The Bertz CT molecular complexity index is 648. The van der Waals surface area contributed by atoms with Gasteiger partial charge >= 0.3 is 6.09 Å². The fourth-order valence-electron chi connectivity index (χ4n) is 3.49. The van der Waals surface area contributed by atoms with Crippen LogP contribution in [0.4, 0.5) is 20.6 Å². The molecule has 5 nitrogen and oxygen atoms in total. The number of ether oxygens (including phenoxy) is 1. The number of carbonyl (C=O) groups excluding carboxylic acids is 1. The molecule has 1 aromatic carbocycles. The number of rotatable bonds is 3. The molecule has 0 aliphatic carbocycles. The minimum absolute atomic E-state index is 0.138. The van der Waals surface area contributed by atoms with Crippen LogP contribution in [0.3, 0.4) is 0 Å². The SMILES string of the molecule is O=C1O[C@@H](CI)CN1c1ccc(N2CC3(C2)C[S+]([O-])C3)c(F)c1. The van der Waals surface area contributed by atoms with Gasteiger partial charge in [-0.1, -0.05) is 33.8 Å². The summed E-state index contributed by atoms with van der Waals surface area (Å²) >= 11 is 1.49. The normalized spacial score (nSPS) is 26.2. The molecule has 0 bridgehead atoms. The molecule has 3 saturated heterocycles. The summed E-state index contributed by atoms with van der Waals surface area (Å²) in [5, 5.41) is 0. The van der Waals surface area contributed by atoms with Crippen LogP contribution in [0.15, 0.2) is 18.2 Å². The molecule has 4 rings (SSSR count). The van der Waals surface area contributed by atoms with Gasteiger partial charge in [-0.3, -0.25) is 4.90 Å². The first-order chi connectivity index (χ1) is 11.0. The van der Waals surface area contributed by atoms with Crippen LogP contribution in [0.1, 0.15) is 0 Å². The van der Waals surface area contributed by atoms with Crippen molar-refractivity contribution in [1.29, 1.82) is 0 Å². The molecule has 0 unspecified atom stereocenters. The van der Waals surface area contributed by atoms with E-state index in [0.717, 1.165) is 29.0 Å².